The number of hydrogen-bond acceptors (Lipinski definition) is 6. The fourth-order valence-electron chi connectivity index (χ4n) is 2.12. The molecule has 0 saturated heterocycles. The largest absolute Gasteiger partial charge is 0.490 e. The van der Waals surface area contributed by atoms with Gasteiger partial charge in [0.1, 0.15) is 5.82 Å². The van der Waals surface area contributed by atoms with E-state index in [0.29, 0.717) is 5.69 Å². The topological polar surface area (TPSA) is 128 Å². The van der Waals surface area contributed by atoms with E-state index in [1.807, 2.05) is 0 Å². The molecular formula is C16H16FN3O6S. The molecule has 0 aromatic heterocycles. The highest BCUT2D eigenvalue weighted by Gasteiger charge is 2.22. The van der Waals surface area contributed by atoms with Gasteiger partial charge in [-0.05, 0) is 36.4 Å². The summed E-state index contributed by atoms with van der Waals surface area (Å²) < 4.78 is 44.3. The maximum atomic E-state index is 12.8. The van der Waals surface area contributed by atoms with Crippen LogP contribution >= 0.6 is 0 Å². The molecule has 0 atom stereocenters. The van der Waals surface area contributed by atoms with E-state index in [2.05, 4.69) is 10.0 Å². The van der Waals surface area contributed by atoms with Gasteiger partial charge in [0.15, 0.2) is 5.75 Å². The highest BCUT2D eigenvalue weighted by molar-refractivity contribution is 7.89. The zero-order valence-corrected chi connectivity index (χ0v) is 15.0. The second kappa shape index (κ2) is 8.56. The minimum atomic E-state index is -4.06. The van der Waals surface area contributed by atoms with E-state index in [-0.39, 0.29) is 23.6 Å². The molecule has 2 aromatic carbocycles. The molecule has 0 aliphatic heterocycles. The molecule has 2 N–H and O–H groups in total. The molecule has 0 aliphatic rings. The van der Waals surface area contributed by atoms with Crippen molar-refractivity contribution in [3.63, 3.8) is 0 Å². The molecule has 0 heterocycles. The highest BCUT2D eigenvalue weighted by atomic mass is 32.2. The zero-order chi connectivity index (χ0) is 20.0. The number of nitro benzene ring substituents is 1. The molecule has 9 nitrogen and oxygen atoms in total. The molecule has 2 aromatic rings. The Morgan fingerprint density at radius 3 is 2.48 bits per heavy atom. The first-order valence-corrected chi connectivity index (χ1v) is 9.09. The lowest BCUT2D eigenvalue weighted by Crippen LogP contribution is -2.28. The van der Waals surface area contributed by atoms with Gasteiger partial charge < -0.3 is 10.1 Å². The molecule has 1 amide bonds. The van der Waals surface area contributed by atoms with Crippen molar-refractivity contribution in [2.75, 3.05) is 19.0 Å². The van der Waals surface area contributed by atoms with Crippen LogP contribution in [0.5, 0.6) is 5.75 Å². The van der Waals surface area contributed by atoms with Gasteiger partial charge in [-0.25, -0.2) is 17.5 Å². The number of methoxy groups -OCH3 is 1. The van der Waals surface area contributed by atoms with Crippen LogP contribution < -0.4 is 14.8 Å². The molecule has 0 radical (unpaired) electrons. The van der Waals surface area contributed by atoms with Gasteiger partial charge in [0.2, 0.25) is 15.9 Å². The average molecular weight is 397 g/mol. The van der Waals surface area contributed by atoms with Crippen molar-refractivity contribution in [1.82, 2.24) is 4.72 Å². The molecule has 0 spiro atoms. The van der Waals surface area contributed by atoms with Crippen LogP contribution in [-0.4, -0.2) is 32.9 Å². The van der Waals surface area contributed by atoms with Crippen LogP contribution in [0.3, 0.4) is 0 Å². The summed E-state index contributed by atoms with van der Waals surface area (Å²) in [5.41, 5.74) is -0.121. The minimum Gasteiger partial charge on any atom is -0.490 e. The minimum absolute atomic E-state index is 0.0716. The van der Waals surface area contributed by atoms with E-state index in [1.54, 1.807) is 0 Å². The average Bonchev–Trinajstić information content (AvgIpc) is 2.62. The summed E-state index contributed by atoms with van der Waals surface area (Å²) >= 11 is 0. The number of carbonyl (C=O) groups excluding carboxylic acids is 1. The second-order valence-corrected chi connectivity index (χ2v) is 7.06. The van der Waals surface area contributed by atoms with Crippen LogP contribution in [0.15, 0.2) is 47.4 Å². The van der Waals surface area contributed by atoms with Gasteiger partial charge in [-0.2, -0.15) is 0 Å². The van der Waals surface area contributed by atoms with Gasteiger partial charge in [-0.3, -0.25) is 14.9 Å². The maximum absolute atomic E-state index is 12.8. The van der Waals surface area contributed by atoms with Crippen molar-refractivity contribution in [1.29, 1.82) is 0 Å². The number of rotatable bonds is 8. The monoisotopic (exact) mass is 397 g/mol. The van der Waals surface area contributed by atoms with Crippen molar-refractivity contribution in [3.8, 4) is 5.75 Å². The first kappa shape index (κ1) is 20.3. The standard InChI is InChI=1S/C16H16FN3O6S/c1-26-15-7-6-13(10-14(15)20(22)23)27(24,25)18-9-8-16(21)19-12-4-2-11(17)3-5-12/h2-7,10,18H,8-9H2,1H3,(H,19,21). The van der Waals surface area contributed by atoms with Gasteiger partial charge >= 0.3 is 5.69 Å². The summed E-state index contributed by atoms with van der Waals surface area (Å²) in [5.74, 6) is -1.00. The Balaban J connectivity index is 1.98. The van der Waals surface area contributed by atoms with E-state index in [4.69, 9.17) is 4.74 Å². The van der Waals surface area contributed by atoms with Crippen LogP contribution in [-0.2, 0) is 14.8 Å². The second-order valence-electron chi connectivity index (χ2n) is 5.29. The van der Waals surface area contributed by atoms with Gasteiger partial charge in [-0.15, -0.1) is 0 Å². The third-order valence-corrected chi connectivity index (χ3v) is 4.89. The lowest BCUT2D eigenvalue weighted by Gasteiger charge is -2.09. The third kappa shape index (κ3) is 5.46. The third-order valence-electron chi connectivity index (χ3n) is 3.43. The summed E-state index contributed by atoms with van der Waals surface area (Å²) in [6.45, 7) is -0.227. The van der Waals surface area contributed by atoms with Gasteiger partial charge in [0.05, 0.1) is 16.9 Å². The number of nitro groups is 1. The first-order chi connectivity index (χ1) is 12.7. The summed E-state index contributed by atoms with van der Waals surface area (Å²) in [6, 6.07) is 8.30. The number of sulfonamides is 1. The van der Waals surface area contributed by atoms with Crippen LogP contribution in [0.2, 0.25) is 0 Å². The van der Waals surface area contributed by atoms with Gasteiger partial charge in [0.25, 0.3) is 0 Å². The highest BCUT2D eigenvalue weighted by Crippen LogP contribution is 2.29. The molecule has 144 valence electrons. The number of ether oxygens (including phenoxy) is 1. The predicted molar refractivity (Wildman–Crippen MR) is 94.5 cm³/mol. The molecule has 0 aliphatic carbocycles. The number of nitrogens with one attached hydrogen (secondary N) is 2. The molecule has 0 fully saturated rings. The first-order valence-electron chi connectivity index (χ1n) is 7.60. The van der Waals surface area contributed by atoms with Crippen molar-refractivity contribution < 1.29 is 27.3 Å². The van der Waals surface area contributed by atoms with Crippen LogP contribution in [0.1, 0.15) is 6.42 Å². The van der Waals surface area contributed by atoms with Crippen LogP contribution in [0, 0.1) is 15.9 Å². The molecule has 0 saturated carbocycles. The predicted octanol–water partition coefficient (Wildman–Crippen LogP) is 2.05. The Kier molecular flexibility index (Phi) is 6.42. The van der Waals surface area contributed by atoms with Gasteiger partial charge in [-0.1, -0.05) is 0 Å². The van der Waals surface area contributed by atoms with Crippen LogP contribution in [0.25, 0.3) is 0 Å². The van der Waals surface area contributed by atoms with E-state index in [9.17, 15) is 27.7 Å². The summed E-state index contributed by atoms with van der Waals surface area (Å²) in [4.78, 5) is 21.7. The number of hydrogen-bond donors (Lipinski definition) is 2. The van der Waals surface area contributed by atoms with Crippen molar-refractivity contribution in [3.05, 3.63) is 58.4 Å². The zero-order valence-electron chi connectivity index (χ0n) is 14.1. The number of carbonyl (C=O) groups is 1. The Hall–Kier alpha value is -3.05. The van der Waals surface area contributed by atoms with E-state index >= 15 is 0 Å². The Morgan fingerprint density at radius 2 is 1.89 bits per heavy atom. The maximum Gasteiger partial charge on any atom is 0.312 e. The van der Waals surface area contributed by atoms with E-state index in [0.717, 1.165) is 12.1 Å². The quantitative estimate of drug-likeness (QED) is 0.518. The molecular weight excluding hydrogens is 381 g/mol. The molecule has 0 unspecified atom stereocenters. The number of halogens is 1. The summed E-state index contributed by atoms with van der Waals surface area (Å²) in [6.07, 6.45) is -0.186. The molecule has 27 heavy (non-hydrogen) atoms. The Morgan fingerprint density at radius 1 is 1.22 bits per heavy atom. The van der Waals surface area contributed by atoms with Gasteiger partial charge in [0, 0.05) is 24.7 Å². The number of nitrogens with zero attached hydrogens (tertiary/aromatic N) is 1. The van der Waals surface area contributed by atoms with Crippen molar-refractivity contribution in [2.45, 2.75) is 11.3 Å². The molecule has 2 rings (SSSR count). The lowest BCUT2D eigenvalue weighted by molar-refractivity contribution is -0.386. The molecule has 11 heteroatoms. The smallest absolute Gasteiger partial charge is 0.312 e. The number of anilines is 1. The lowest BCUT2D eigenvalue weighted by atomic mass is 10.3. The fraction of sp³-hybridized carbons (Fsp3) is 0.188. The SMILES string of the molecule is COc1ccc(S(=O)(=O)NCCC(=O)Nc2ccc(F)cc2)cc1[N+](=O)[O-]. The summed E-state index contributed by atoms with van der Waals surface area (Å²) in [7, 11) is -2.82. The van der Waals surface area contributed by atoms with E-state index in [1.165, 1.54) is 37.4 Å². The Bertz CT molecular complexity index is 947. The molecule has 0 bridgehead atoms. The summed E-state index contributed by atoms with van der Waals surface area (Å²) in [5, 5.41) is 13.5. The van der Waals surface area contributed by atoms with Crippen molar-refractivity contribution >= 4 is 27.3 Å². The number of benzene rings is 2. The number of amides is 1. The Labute approximate surface area is 154 Å². The van der Waals surface area contributed by atoms with E-state index < -0.39 is 32.4 Å². The normalized spacial score (nSPS) is 11.0. The fourth-order valence-corrected chi connectivity index (χ4v) is 3.17. The van der Waals surface area contributed by atoms with Crippen LogP contribution in [0.4, 0.5) is 15.8 Å². The van der Waals surface area contributed by atoms with Crippen molar-refractivity contribution in [2.24, 2.45) is 0 Å².